The van der Waals surface area contributed by atoms with Crippen molar-refractivity contribution in [3.8, 4) is 17.4 Å². The fourth-order valence-corrected chi connectivity index (χ4v) is 5.03. The summed E-state index contributed by atoms with van der Waals surface area (Å²) in [6.07, 6.45) is 0. The number of nitriles is 1. The highest BCUT2D eigenvalue weighted by Crippen LogP contribution is 2.41. The minimum atomic E-state index is 0.666. The quantitative estimate of drug-likeness (QED) is 0.296. The molecule has 2 aromatic heterocycles. The van der Waals surface area contributed by atoms with E-state index in [1.807, 2.05) is 24.3 Å². The average molecular weight is 412 g/mol. The highest BCUT2D eigenvalue weighted by Gasteiger charge is 2.22. The Morgan fingerprint density at radius 1 is 0.594 bits per heavy atom. The number of hydrogen-bond donors (Lipinski definition) is 0. The number of nitrogens with zero attached hydrogens (tertiary/aromatic N) is 3. The van der Waals surface area contributed by atoms with E-state index in [9.17, 15) is 5.26 Å². The van der Waals surface area contributed by atoms with E-state index in [0.717, 1.165) is 11.2 Å². The van der Waals surface area contributed by atoms with Crippen LogP contribution < -0.4 is 0 Å². The Morgan fingerprint density at radius 2 is 1.12 bits per heavy atom. The summed E-state index contributed by atoms with van der Waals surface area (Å²) in [6.45, 7) is 4.37. The minimum Gasteiger partial charge on any atom is -0.307 e. The normalized spacial score (nSPS) is 11.4. The van der Waals surface area contributed by atoms with Crippen LogP contribution in [-0.2, 0) is 0 Å². The minimum absolute atomic E-state index is 0.666. The summed E-state index contributed by atoms with van der Waals surface area (Å²) >= 11 is 0. The molecular weight excluding hydrogens is 390 g/mol. The predicted molar refractivity (Wildman–Crippen MR) is 132 cm³/mol. The van der Waals surface area contributed by atoms with Crippen LogP contribution in [0.25, 0.3) is 44.2 Å². The molecule has 0 saturated carbocycles. The zero-order chi connectivity index (χ0) is 21.8. The third kappa shape index (κ3) is 2.47. The van der Waals surface area contributed by atoms with Crippen molar-refractivity contribution in [3.05, 3.63) is 108 Å². The van der Waals surface area contributed by atoms with Crippen LogP contribution in [0.4, 0.5) is 0 Å². The van der Waals surface area contributed by atoms with Crippen molar-refractivity contribution in [2.24, 2.45) is 0 Å². The Hall–Kier alpha value is -4.29. The van der Waals surface area contributed by atoms with E-state index in [1.54, 1.807) is 0 Å². The van der Waals surface area contributed by atoms with Gasteiger partial charge in [-0.2, -0.15) is 5.26 Å². The Kier molecular flexibility index (Phi) is 3.96. The van der Waals surface area contributed by atoms with Crippen molar-refractivity contribution in [1.29, 1.82) is 5.26 Å². The molecule has 3 nitrogen and oxygen atoms in total. The van der Waals surface area contributed by atoms with Gasteiger partial charge in [-0.05, 0) is 61.4 Å². The van der Waals surface area contributed by atoms with E-state index in [1.165, 1.54) is 44.1 Å². The van der Waals surface area contributed by atoms with Crippen molar-refractivity contribution in [2.75, 3.05) is 0 Å². The van der Waals surface area contributed by atoms with Crippen LogP contribution in [0.5, 0.6) is 0 Å². The SMILES string of the molecule is Cc1cccc(C)c1-n1c2ccccc2c2c1c1ccccc1n2-c1ccc(C#N)cc1. The summed E-state index contributed by atoms with van der Waals surface area (Å²) in [7, 11) is 0. The van der Waals surface area contributed by atoms with E-state index in [-0.39, 0.29) is 0 Å². The second kappa shape index (κ2) is 6.87. The van der Waals surface area contributed by atoms with Gasteiger partial charge in [0.15, 0.2) is 0 Å². The second-order valence-electron chi connectivity index (χ2n) is 8.30. The summed E-state index contributed by atoms with van der Waals surface area (Å²) < 4.78 is 4.76. The maximum atomic E-state index is 9.27. The first-order chi connectivity index (χ1) is 15.7. The zero-order valence-corrected chi connectivity index (χ0v) is 18.0. The molecule has 0 aliphatic heterocycles. The highest BCUT2D eigenvalue weighted by molar-refractivity contribution is 6.20. The molecule has 0 spiro atoms. The van der Waals surface area contributed by atoms with Crippen LogP contribution in [0.2, 0.25) is 0 Å². The average Bonchev–Trinajstić information content (AvgIpc) is 3.33. The Morgan fingerprint density at radius 3 is 1.72 bits per heavy atom. The van der Waals surface area contributed by atoms with Crippen LogP contribution in [-0.4, -0.2) is 9.13 Å². The van der Waals surface area contributed by atoms with Crippen molar-refractivity contribution in [3.63, 3.8) is 0 Å². The Bertz CT molecular complexity index is 1660. The second-order valence-corrected chi connectivity index (χ2v) is 8.30. The lowest BCUT2D eigenvalue weighted by atomic mass is 10.1. The maximum Gasteiger partial charge on any atom is 0.0991 e. The molecule has 6 aromatic rings. The third-order valence-electron chi connectivity index (χ3n) is 6.39. The number of hydrogen-bond acceptors (Lipinski definition) is 1. The molecule has 4 aromatic carbocycles. The fourth-order valence-electron chi connectivity index (χ4n) is 5.03. The summed E-state index contributed by atoms with van der Waals surface area (Å²) in [5, 5.41) is 11.7. The molecule has 3 heteroatoms. The monoisotopic (exact) mass is 411 g/mol. The van der Waals surface area contributed by atoms with Crippen LogP contribution in [0.3, 0.4) is 0 Å². The topological polar surface area (TPSA) is 33.6 Å². The van der Waals surface area contributed by atoms with Crippen LogP contribution in [0.15, 0.2) is 91.0 Å². The molecule has 0 aliphatic rings. The van der Waals surface area contributed by atoms with Gasteiger partial charge in [0, 0.05) is 16.5 Å². The van der Waals surface area contributed by atoms with Crippen molar-refractivity contribution < 1.29 is 0 Å². The van der Waals surface area contributed by atoms with Gasteiger partial charge in [0.05, 0.1) is 39.4 Å². The van der Waals surface area contributed by atoms with Gasteiger partial charge in [-0.25, -0.2) is 0 Å². The molecule has 6 rings (SSSR count). The number of aromatic nitrogens is 2. The number of benzene rings is 4. The van der Waals surface area contributed by atoms with Gasteiger partial charge in [-0.3, -0.25) is 0 Å². The van der Waals surface area contributed by atoms with Gasteiger partial charge >= 0.3 is 0 Å². The van der Waals surface area contributed by atoms with Crippen LogP contribution in [0.1, 0.15) is 16.7 Å². The van der Waals surface area contributed by atoms with Gasteiger partial charge in [0.1, 0.15) is 0 Å². The lowest BCUT2D eigenvalue weighted by Gasteiger charge is -2.14. The zero-order valence-electron chi connectivity index (χ0n) is 18.0. The van der Waals surface area contributed by atoms with Gasteiger partial charge in [0.25, 0.3) is 0 Å². The molecule has 152 valence electrons. The van der Waals surface area contributed by atoms with Gasteiger partial charge < -0.3 is 9.13 Å². The summed E-state index contributed by atoms with van der Waals surface area (Å²) in [5.41, 5.74) is 10.2. The molecule has 0 atom stereocenters. The largest absolute Gasteiger partial charge is 0.307 e. The lowest BCUT2D eigenvalue weighted by Crippen LogP contribution is -1.99. The molecule has 0 bridgehead atoms. The molecule has 32 heavy (non-hydrogen) atoms. The van der Waals surface area contributed by atoms with Gasteiger partial charge in [-0.1, -0.05) is 54.6 Å². The molecular formula is C29H21N3. The van der Waals surface area contributed by atoms with E-state index >= 15 is 0 Å². The first-order valence-electron chi connectivity index (χ1n) is 10.8. The summed E-state index contributed by atoms with van der Waals surface area (Å²) in [4.78, 5) is 0. The van der Waals surface area contributed by atoms with E-state index in [0.29, 0.717) is 5.56 Å². The fraction of sp³-hybridized carbons (Fsp3) is 0.0690. The number of rotatable bonds is 2. The van der Waals surface area contributed by atoms with E-state index in [2.05, 4.69) is 95.8 Å². The number of fused-ring (bicyclic) bond motifs is 5. The molecule has 0 aliphatic carbocycles. The molecule has 0 saturated heterocycles. The first kappa shape index (κ1) is 18.5. The number of para-hydroxylation sites is 3. The summed E-state index contributed by atoms with van der Waals surface area (Å²) in [6, 6.07) is 33.8. The van der Waals surface area contributed by atoms with Crippen molar-refractivity contribution >= 4 is 32.8 Å². The van der Waals surface area contributed by atoms with E-state index < -0.39 is 0 Å². The van der Waals surface area contributed by atoms with Gasteiger partial charge in [0.2, 0.25) is 0 Å². The molecule has 0 unspecified atom stereocenters. The third-order valence-corrected chi connectivity index (χ3v) is 6.39. The molecule has 0 N–H and O–H groups in total. The molecule has 0 radical (unpaired) electrons. The first-order valence-corrected chi connectivity index (χ1v) is 10.8. The smallest absolute Gasteiger partial charge is 0.0991 e. The Balaban J connectivity index is 1.87. The van der Waals surface area contributed by atoms with Crippen molar-refractivity contribution in [1.82, 2.24) is 9.13 Å². The number of aryl methyl sites for hydroxylation is 2. The van der Waals surface area contributed by atoms with Crippen molar-refractivity contribution in [2.45, 2.75) is 13.8 Å². The lowest BCUT2D eigenvalue weighted by molar-refractivity contribution is 1.12. The molecule has 2 heterocycles. The summed E-state index contributed by atoms with van der Waals surface area (Å²) in [5.74, 6) is 0. The predicted octanol–water partition coefficient (Wildman–Crippen LogP) is 7.22. The van der Waals surface area contributed by atoms with Gasteiger partial charge in [-0.15, -0.1) is 0 Å². The highest BCUT2D eigenvalue weighted by atomic mass is 15.1. The Labute approximate surface area is 186 Å². The maximum absolute atomic E-state index is 9.27. The van der Waals surface area contributed by atoms with Crippen LogP contribution >= 0.6 is 0 Å². The molecule has 0 amide bonds. The van der Waals surface area contributed by atoms with E-state index in [4.69, 9.17) is 0 Å². The molecule has 0 fully saturated rings. The standard InChI is InChI=1S/C29H21N3/c1-19-8-7-9-20(2)27(19)32-26-13-6-4-11-24(26)28-29(32)23-10-3-5-12-25(23)31(28)22-16-14-21(18-30)15-17-22/h3-17H,1-2H3. The van der Waals surface area contributed by atoms with Crippen LogP contribution in [0, 0.1) is 25.2 Å².